The van der Waals surface area contributed by atoms with Crippen molar-refractivity contribution in [1.82, 2.24) is 0 Å². The molecular weight excluding hydrogens is 190 g/mol. The van der Waals surface area contributed by atoms with Crippen molar-refractivity contribution < 1.29 is 0 Å². The summed E-state index contributed by atoms with van der Waals surface area (Å²) in [5.74, 6) is 0.162. The molecule has 14 heavy (non-hydrogen) atoms. The molecule has 1 aromatic carbocycles. The predicted octanol–water partition coefficient (Wildman–Crippen LogP) is 3.50. The van der Waals surface area contributed by atoms with E-state index in [0.29, 0.717) is 0 Å². The van der Waals surface area contributed by atoms with Gasteiger partial charge < -0.3 is 0 Å². The highest BCUT2D eigenvalue weighted by atomic mass is 32.2. The molecule has 1 nitrogen and oxygen atoms in total. The Kier molecular flexibility index (Phi) is 4.55. The number of rotatable bonds is 4. The molecule has 1 unspecified atom stereocenters. The maximum Gasteiger partial charge on any atom is 0.0659 e. The van der Waals surface area contributed by atoms with Gasteiger partial charge in [0.1, 0.15) is 0 Å². The van der Waals surface area contributed by atoms with Crippen LogP contribution in [0.15, 0.2) is 29.2 Å². The van der Waals surface area contributed by atoms with E-state index in [1.54, 1.807) is 11.8 Å². The molecule has 0 amide bonds. The molecule has 1 rings (SSSR count). The van der Waals surface area contributed by atoms with E-state index in [0.717, 1.165) is 12.8 Å². The number of nitriles is 1. The molecule has 1 atom stereocenters. The highest BCUT2D eigenvalue weighted by molar-refractivity contribution is 7.98. The van der Waals surface area contributed by atoms with Gasteiger partial charge in [0.15, 0.2) is 0 Å². The molecule has 0 radical (unpaired) electrons. The van der Waals surface area contributed by atoms with Crippen molar-refractivity contribution in [3.8, 4) is 6.07 Å². The quantitative estimate of drug-likeness (QED) is 0.702. The third-order valence-corrected chi connectivity index (χ3v) is 3.06. The summed E-state index contributed by atoms with van der Waals surface area (Å²) in [7, 11) is 0. The van der Waals surface area contributed by atoms with Crippen LogP contribution in [0.2, 0.25) is 0 Å². The van der Waals surface area contributed by atoms with Crippen molar-refractivity contribution in [3.63, 3.8) is 0 Å². The maximum absolute atomic E-state index is 8.83. The molecule has 0 saturated heterocycles. The van der Waals surface area contributed by atoms with Crippen molar-refractivity contribution in [2.75, 3.05) is 6.26 Å². The fourth-order valence-corrected chi connectivity index (χ4v) is 1.74. The van der Waals surface area contributed by atoms with Gasteiger partial charge in [-0.25, -0.2) is 0 Å². The third kappa shape index (κ3) is 3.08. The molecule has 0 aliphatic rings. The van der Waals surface area contributed by atoms with Crippen LogP contribution in [-0.2, 0) is 6.42 Å². The van der Waals surface area contributed by atoms with E-state index < -0.39 is 0 Å². The van der Waals surface area contributed by atoms with E-state index in [9.17, 15) is 0 Å². The summed E-state index contributed by atoms with van der Waals surface area (Å²) in [5.41, 5.74) is 1.26. The molecule has 2 heteroatoms. The maximum atomic E-state index is 8.83. The molecule has 0 heterocycles. The van der Waals surface area contributed by atoms with Gasteiger partial charge in [0, 0.05) is 4.90 Å². The van der Waals surface area contributed by atoms with Gasteiger partial charge >= 0.3 is 0 Å². The molecular formula is C12H15NS. The van der Waals surface area contributed by atoms with Gasteiger partial charge in [-0.2, -0.15) is 5.26 Å². The van der Waals surface area contributed by atoms with Crippen molar-refractivity contribution in [1.29, 1.82) is 5.26 Å². The lowest BCUT2D eigenvalue weighted by Crippen LogP contribution is -1.99. The molecule has 1 aromatic rings. The fraction of sp³-hybridized carbons (Fsp3) is 0.417. The van der Waals surface area contributed by atoms with Crippen molar-refractivity contribution in [3.05, 3.63) is 29.8 Å². The Morgan fingerprint density at radius 3 is 2.43 bits per heavy atom. The number of hydrogen-bond donors (Lipinski definition) is 0. The summed E-state index contributed by atoms with van der Waals surface area (Å²) in [6.45, 7) is 2.06. The third-order valence-electron chi connectivity index (χ3n) is 2.32. The molecule has 0 saturated carbocycles. The second-order valence-corrected chi connectivity index (χ2v) is 4.17. The van der Waals surface area contributed by atoms with Gasteiger partial charge in [-0.3, -0.25) is 0 Å². The van der Waals surface area contributed by atoms with Gasteiger partial charge in [0.05, 0.1) is 12.0 Å². The Morgan fingerprint density at radius 1 is 1.36 bits per heavy atom. The van der Waals surface area contributed by atoms with Crippen LogP contribution in [0.4, 0.5) is 0 Å². The predicted molar refractivity (Wildman–Crippen MR) is 61.3 cm³/mol. The second kappa shape index (κ2) is 5.72. The van der Waals surface area contributed by atoms with Gasteiger partial charge in [-0.1, -0.05) is 19.1 Å². The van der Waals surface area contributed by atoms with Gasteiger partial charge in [-0.15, -0.1) is 11.8 Å². The van der Waals surface area contributed by atoms with E-state index in [2.05, 4.69) is 43.5 Å². The minimum atomic E-state index is 0.162. The lowest BCUT2D eigenvalue weighted by Gasteiger charge is -2.06. The zero-order valence-electron chi connectivity index (χ0n) is 8.66. The summed E-state index contributed by atoms with van der Waals surface area (Å²) < 4.78 is 0. The molecule has 0 aromatic heterocycles. The first-order valence-corrected chi connectivity index (χ1v) is 6.05. The molecule has 0 N–H and O–H groups in total. The van der Waals surface area contributed by atoms with Crippen LogP contribution in [0.3, 0.4) is 0 Å². The fourth-order valence-electron chi connectivity index (χ4n) is 1.33. The molecule has 0 bridgehead atoms. The summed E-state index contributed by atoms with van der Waals surface area (Å²) in [5, 5.41) is 8.83. The van der Waals surface area contributed by atoms with Crippen LogP contribution in [0.25, 0.3) is 0 Å². The largest absolute Gasteiger partial charge is 0.198 e. The van der Waals surface area contributed by atoms with Crippen molar-refractivity contribution in [2.45, 2.75) is 24.7 Å². The van der Waals surface area contributed by atoms with E-state index in [1.807, 2.05) is 0 Å². The van der Waals surface area contributed by atoms with E-state index >= 15 is 0 Å². The number of hydrogen-bond acceptors (Lipinski definition) is 2. The average Bonchev–Trinajstić information content (AvgIpc) is 2.26. The van der Waals surface area contributed by atoms with Crippen LogP contribution in [0.5, 0.6) is 0 Å². The normalized spacial score (nSPS) is 12.1. The van der Waals surface area contributed by atoms with Crippen LogP contribution in [-0.4, -0.2) is 6.26 Å². The Balaban J connectivity index is 2.64. The number of benzene rings is 1. The van der Waals surface area contributed by atoms with Crippen LogP contribution in [0, 0.1) is 17.2 Å². The first-order valence-electron chi connectivity index (χ1n) is 4.82. The van der Waals surface area contributed by atoms with Crippen LogP contribution in [0.1, 0.15) is 18.9 Å². The highest BCUT2D eigenvalue weighted by Crippen LogP contribution is 2.17. The molecule has 0 fully saturated rings. The molecule has 0 aliphatic heterocycles. The minimum absolute atomic E-state index is 0.162. The topological polar surface area (TPSA) is 23.8 Å². The van der Waals surface area contributed by atoms with Crippen molar-refractivity contribution >= 4 is 11.8 Å². The first kappa shape index (κ1) is 11.1. The molecule has 74 valence electrons. The Labute approximate surface area is 90.1 Å². The van der Waals surface area contributed by atoms with E-state index in [-0.39, 0.29) is 5.92 Å². The van der Waals surface area contributed by atoms with Crippen molar-refractivity contribution in [2.24, 2.45) is 5.92 Å². The summed E-state index contributed by atoms with van der Waals surface area (Å²) in [4.78, 5) is 1.28. The Bertz CT molecular complexity index is 310. The van der Waals surface area contributed by atoms with Crippen LogP contribution >= 0.6 is 11.8 Å². The van der Waals surface area contributed by atoms with E-state index in [4.69, 9.17) is 5.26 Å². The average molecular weight is 205 g/mol. The highest BCUT2D eigenvalue weighted by Gasteiger charge is 2.05. The second-order valence-electron chi connectivity index (χ2n) is 3.29. The summed E-state index contributed by atoms with van der Waals surface area (Å²) in [6, 6.07) is 10.8. The lowest BCUT2D eigenvalue weighted by atomic mass is 9.99. The SMILES string of the molecule is CCC(C#N)Cc1ccc(SC)cc1. The number of thioether (sulfide) groups is 1. The van der Waals surface area contributed by atoms with Crippen LogP contribution < -0.4 is 0 Å². The smallest absolute Gasteiger partial charge is 0.0659 e. The summed E-state index contributed by atoms with van der Waals surface area (Å²) in [6.07, 6.45) is 3.88. The molecule has 0 aliphatic carbocycles. The monoisotopic (exact) mass is 205 g/mol. The lowest BCUT2D eigenvalue weighted by molar-refractivity contribution is 0.638. The minimum Gasteiger partial charge on any atom is -0.198 e. The Hall–Kier alpha value is -0.940. The first-order chi connectivity index (χ1) is 6.80. The zero-order chi connectivity index (χ0) is 10.4. The van der Waals surface area contributed by atoms with E-state index in [1.165, 1.54) is 10.5 Å². The van der Waals surface area contributed by atoms with Gasteiger partial charge in [0.2, 0.25) is 0 Å². The Morgan fingerprint density at radius 2 is 2.00 bits per heavy atom. The standard InChI is InChI=1S/C12H15NS/c1-3-10(9-13)8-11-4-6-12(14-2)7-5-11/h4-7,10H,3,8H2,1-2H3. The van der Waals surface area contributed by atoms with Gasteiger partial charge in [0.25, 0.3) is 0 Å². The number of nitrogens with zero attached hydrogens (tertiary/aromatic N) is 1. The molecule has 0 spiro atoms. The zero-order valence-corrected chi connectivity index (χ0v) is 9.47. The van der Waals surface area contributed by atoms with Gasteiger partial charge in [-0.05, 0) is 36.8 Å². The summed E-state index contributed by atoms with van der Waals surface area (Å²) >= 11 is 1.74.